The van der Waals surface area contributed by atoms with Crippen LogP contribution in [0.3, 0.4) is 0 Å². The zero-order valence-corrected chi connectivity index (χ0v) is 11.3. The molecule has 0 radical (unpaired) electrons. The fourth-order valence-electron chi connectivity index (χ4n) is 1.85. The third-order valence-electron chi connectivity index (χ3n) is 2.97. The second-order valence-corrected chi connectivity index (χ2v) is 4.81. The third-order valence-corrected chi connectivity index (χ3v) is 2.97. The normalized spacial score (nSPS) is 10.7. The molecule has 5 nitrogen and oxygen atoms in total. The number of nitrogens with one attached hydrogen (secondary N) is 1. The van der Waals surface area contributed by atoms with Crippen LogP contribution in [0.15, 0.2) is 30.3 Å². The van der Waals surface area contributed by atoms with E-state index < -0.39 is 0 Å². The first-order chi connectivity index (χ1) is 8.97. The molecule has 2 aromatic rings. The number of benzene rings is 1. The lowest BCUT2D eigenvalue weighted by molar-refractivity contribution is 0.101. The van der Waals surface area contributed by atoms with Gasteiger partial charge in [0.2, 0.25) is 0 Å². The van der Waals surface area contributed by atoms with Gasteiger partial charge in [0.05, 0.1) is 0 Å². The maximum Gasteiger partial charge on any atom is 0.274 e. The summed E-state index contributed by atoms with van der Waals surface area (Å²) in [6.45, 7) is 4.26. The number of anilines is 2. The van der Waals surface area contributed by atoms with Crippen molar-refractivity contribution in [2.75, 3.05) is 11.1 Å². The largest absolute Gasteiger partial charge is 0.382 e. The summed E-state index contributed by atoms with van der Waals surface area (Å²) >= 11 is 0. The lowest BCUT2D eigenvalue weighted by Gasteiger charge is -2.08. The Bertz CT molecular complexity index is 584. The minimum atomic E-state index is -0.219. The van der Waals surface area contributed by atoms with E-state index >= 15 is 0 Å². The zero-order valence-electron chi connectivity index (χ0n) is 11.3. The Kier molecular flexibility index (Phi) is 3.55. The lowest BCUT2D eigenvalue weighted by Crippen LogP contribution is -2.16. The summed E-state index contributed by atoms with van der Waals surface area (Å²) in [5, 5.41) is 6.77. The number of aryl methyl sites for hydroxylation is 1. The number of hydrogen-bond acceptors (Lipinski definition) is 3. The standard InChI is InChI=1S/C14H18N4O/c1-9(2)10-4-6-11(7-5-10)16-14(19)12-8-13(15)17-18(12)3/h4-9H,1-3H3,(H2,15,17)(H,16,19). The molecule has 0 aliphatic heterocycles. The maximum absolute atomic E-state index is 12.0. The topological polar surface area (TPSA) is 72.9 Å². The van der Waals surface area contributed by atoms with E-state index in [0.717, 1.165) is 5.69 Å². The van der Waals surface area contributed by atoms with E-state index in [1.54, 1.807) is 13.1 Å². The molecular formula is C14H18N4O. The summed E-state index contributed by atoms with van der Waals surface area (Å²) < 4.78 is 1.47. The van der Waals surface area contributed by atoms with Crippen molar-refractivity contribution in [2.24, 2.45) is 7.05 Å². The Morgan fingerprint density at radius 2 is 1.95 bits per heavy atom. The van der Waals surface area contributed by atoms with E-state index in [0.29, 0.717) is 17.4 Å². The Morgan fingerprint density at radius 1 is 1.32 bits per heavy atom. The molecular weight excluding hydrogens is 240 g/mol. The quantitative estimate of drug-likeness (QED) is 0.887. The van der Waals surface area contributed by atoms with Crippen LogP contribution in [0, 0.1) is 0 Å². The molecule has 1 aromatic carbocycles. The fourth-order valence-corrected chi connectivity index (χ4v) is 1.85. The minimum absolute atomic E-state index is 0.219. The second kappa shape index (κ2) is 5.14. The Morgan fingerprint density at radius 3 is 2.42 bits per heavy atom. The summed E-state index contributed by atoms with van der Waals surface area (Å²) in [7, 11) is 1.69. The number of amides is 1. The van der Waals surface area contributed by atoms with Gasteiger partial charge in [-0.05, 0) is 23.6 Å². The van der Waals surface area contributed by atoms with E-state index in [9.17, 15) is 4.79 Å². The molecule has 0 fully saturated rings. The number of carbonyl (C=O) groups excluding carboxylic acids is 1. The number of rotatable bonds is 3. The van der Waals surface area contributed by atoms with E-state index in [-0.39, 0.29) is 5.91 Å². The molecule has 0 aliphatic carbocycles. The molecule has 100 valence electrons. The van der Waals surface area contributed by atoms with Crippen LogP contribution in [0.4, 0.5) is 11.5 Å². The predicted octanol–water partition coefficient (Wildman–Crippen LogP) is 2.38. The van der Waals surface area contributed by atoms with Gasteiger partial charge in [-0.2, -0.15) is 5.10 Å². The van der Waals surface area contributed by atoms with E-state index in [4.69, 9.17) is 5.73 Å². The molecule has 0 saturated carbocycles. The monoisotopic (exact) mass is 258 g/mol. The van der Waals surface area contributed by atoms with Crippen LogP contribution in [-0.2, 0) is 7.05 Å². The summed E-state index contributed by atoms with van der Waals surface area (Å²) in [6, 6.07) is 9.37. The van der Waals surface area contributed by atoms with Crippen molar-refractivity contribution in [1.82, 2.24) is 9.78 Å². The Hall–Kier alpha value is -2.30. The molecule has 19 heavy (non-hydrogen) atoms. The molecule has 0 bridgehead atoms. The summed E-state index contributed by atoms with van der Waals surface area (Å²) in [5.74, 6) is 0.591. The van der Waals surface area contributed by atoms with Gasteiger partial charge in [-0.25, -0.2) is 0 Å². The maximum atomic E-state index is 12.0. The van der Waals surface area contributed by atoms with E-state index in [2.05, 4.69) is 24.3 Å². The molecule has 1 heterocycles. The number of nitrogens with two attached hydrogens (primary N) is 1. The van der Waals surface area contributed by atoms with Crippen LogP contribution in [-0.4, -0.2) is 15.7 Å². The fraction of sp³-hybridized carbons (Fsp3) is 0.286. The number of carbonyl (C=O) groups is 1. The zero-order chi connectivity index (χ0) is 14.0. The Balaban J connectivity index is 2.13. The smallest absolute Gasteiger partial charge is 0.274 e. The van der Waals surface area contributed by atoms with Gasteiger partial charge in [-0.1, -0.05) is 26.0 Å². The number of nitrogen functional groups attached to an aromatic ring is 1. The van der Waals surface area contributed by atoms with Crippen molar-refractivity contribution in [3.63, 3.8) is 0 Å². The van der Waals surface area contributed by atoms with Crippen molar-refractivity contribution >= 4 is 17.4 Å². The summed E-state index contributed by atoms with van der Waals surface area (Å²) in [6.07, 6.45) is 0. The van der Waals surface area contributed by atoms with Crippen molar-refractivity contribution in [1.29, 1.82) is 0 Å². The molecule has 0 unspecified atom stereocenters. The van der Waals surface area contributed by atoms with Gasteiger partial charge in [0.1, 0.15) is 11.5 Å². The number of hydrogen-bond donors (Lipinski definition) is 2. The molecule has 1 aromatic heterocycles. The van der Waals surface area contributed by atoms with Crippen LogP contribution in [0.2, 0.25) is 0 Å². The van der Waals surface area contributed by atoms with Gasteiger partial charge >= 0.3 is 0 Å². The van der Waals surface area contributed by atoms with Gasteiger partial charge in [0.25, 0.3) is 5.91 Å². The molecule has 0 saturated heterocycles. The average molecular weight is 258 g/mol. The van der Waals surface area contributed by atoms with Gasteiger partial charge in [0, 0.05) is 18.8 Å². The average Bonchev–Trinajstić information content (AvgIpc) is 2.69. The van der Waals surface area contributed by atoms with Crippen molar-refractivity contribution in [3.8, 4) is 0 Å². The lowest BCUT2D eigenvalue weighted by atomic mass is 10.0. The highest BCUT2D eigenvalue weighted by Crippen LogP contribution is 2.17. The van der Waals surface area contributed by atoms with E-state index in [1.807, 2.05) is 24.3 Å². The minimum Gasteiger partial charge on any atom is -0.382 e. The first-order valence-corrected chi connectivity index (χ1v) is 6.18. The van der Waals surface area contributed by atoms with Crippen molar-refractivity contribution < 1.29 is 4.79 Å². The summed E-state index contributed by atoms with van der Waals surface area (Å²) in [4.78, 5) is 12.0. The van der Waals surface area contributed by atoms with Crippen molar-refractivity contribution in [3.05, 3.63) is 41.6 Å². The van der Waals surface area contributed by atoms with Crippen LogP contribution in [0.25, 0.3) is 0 Å². The van der Waals surface area contributed by atoms with Crippen LogP contribution < -0.4 is 11.1 Å². The first kappa shape index (κ1) is 13.1. The highest BCUT2D eigenvalue weighted by Gasteiger charge is 2.12. The number of nitrogens with zero attached hydrogens (tertiary/aromatic N) is 2. The summed E-state index contributed by atoms with van der Waals surface area (Å²) in [5.41, 5.74) is 7.98. The SMILES string of the molecule is CC(C)c1ccc(NC(=O)c2cc(N)nn2C)cc1. The molecule has 5 heteroatoms. The molecule has 1 amide bonds. The second-order valence-electron chi connectivity index (χ2n) is 4.81. The third kappa shape index (κ3) is 2.93. The van der Waals surface area contributed by atoms with Gasteiger partial charge in [-0.15, -0.1) is 0 Å². The Labute approximate surface area is 112 Å². The molecule has 0 atom stereocenters. The van der Waals surface area contributed by atoms with E-state index in [1.165, 1.54) is 10.2 Å². The van der Waals surface area contributed by atoms with Gasteiger partial charge in [-0.3, -0.25) is 9.48 Å². The molecule has 0 aliphatic rings. The highest BCUT2D eigenvalue weighted by molar-refractivity contribution is 6.03. The van der Waals surface area contributed by atoms with Crippen LogP contribution >= 0.6 is 0 Å². The van der Waals surface area contributed by atoms with Crippen molar-refractivity contribution in [2.45, 2.75) is 19.8 Å². The van der Waals surface area contributed by atoms with Gasteiger partial charge in [0.15, 0.2) is 0 Å². The first-order valence-electron chi connectivity index (χ1n) is 6.18. The highest BCUT2D eigenvalue weighted by atomic mass is 16.2. The molecule has 3 N–H and O–H groups in total. The molecule has 0 spiro atoms. The number of aromatic nitrogens is 2. The molecule has 2 rings (SSSR count). The van der Waals surface area contributed by atoms with Crippen LogP contribution in [0.5, 0.6) is 0 Å². The predicted molar refractivity (Wildman–Crippen MR) is 76.1 cm³/mol. The van der Waals surface area contributed by atoms with Crippen LogP contribution in [0.1, 0.15) is 35.8 Å². The van der Waals surface area contributed by atoms with Gasteiger partial charge < -0.3 is 11.1 Å².